The zero-order valence-electron chi connectivity index (χ0n) is 45.2. The number of likely N-dealkylation sites (tertiary alicyclic amines) is 1. The second kappa shape index (κ2) is 27.7. The van der Waals surface area contributed by atoms with E-state index in [9.17, 15) is 29.1 Å². The maximum absolute atomic E-state index is 14.1. The van der Waals surface area contributed by atoms with Crippen LogP contribution in [0.2, 0.25) is 0 Å². The van der Waals surface area contributed by atoms with E-state index in [1.807, 2.05) is 125 Å². The van der Waals surface area contributed by atoms with Crippen molar-refractivity contribution in [3.8, 4) is 21.6 Å². The van der Waals surface area contributed by atoms with Gasteiger partial charge in [-0.25, -0.2) is 15.0 Å². The van der Waals surface area contributed by atoms with E-state index in [-0.39, 0.29) is 62.3 Å². The Morgan fingerprint density at radius 2 is 1.52 bits per heavy atom. The second-order valence-electron chi connectivity index (χ2n) is 20.5. The number of nitrogens with zero attached hydrogens (tertiary/aromatic N) is 5. The van der Waals surface area contributed by atoms with Gasteiger partial charge in [0.15, 0.2) is 5.13 Å². The van der Waals surface area contributed by atoms with E-state index < -0.39 is 35.6 Å². The summed E-state index contributed by atoms with van der Waals surface area (Å²) in [6, 6.07) is 23.9. The average Bonchev–Trinajstić information content (AvgIpc) is 4.49. The molecule has 1 fully saturated rings. The molecule has 2 aliphatic heterocycles. The Kier molecular flexibility index (Phi) is 20.4. The average molecular weight is 1120 g/mol. The van der Waals surface area contributed by atoms with Crippen LogP contribution in [0.3, 0.4) is 0 Å². The number of ether oxygens (including phenoxy) is 3. The first-order valence-electron chi connectivity index (χ1n) is 26.6. The summed E-state index contributed by atoms with van der Waals surface area (Å²) in [4.78, 5) is 85.5. The van der Waals surface area contributed by atoms with Crippen molar-refractivity contribution >= 4 is 63.2 Å². The van der Waals surface area contributed by atoms with Crippen molar-refractivity contribution in [1.82, 2.24) is 40.7 Å². The van der Waals surface area contributed by atoms with Gasteiger partial charge in [-0.1, -0.05) is 87.5 Å². The van der Waals surface area contributed by atoms with Gasteiger partial charge in [-0.15, -0.1) is 22.7 Å². The van der Waals surface area contributed by atoms with E-state index in [1.165, 1.54) is 16.2 Å². The number of carbonyl (C=O) groups excluding carboxylic acids is 5. The number of carbonyl (C=O) groups is 5. The predicted molar refractivity (Wildman–Crippen MR) is 304 cm³/mol. The number of benzene rings is 3. The number of thiazole rings is 2. The zero-order chi connectivity index (χ0) is 55.9. The lowest BCUT2D eigenvalue weighted by molar-refractivity contribution is -0.144. The highest BCUT2D eigenvalue weighted by Crippen LogP contribution is 2.36. The summed E-state index contributed by atoms with van der Waals surface area (Å²) in [6.07, 6.45) is 2.64. The quantitative estimate of drug-likeness (QED) is 0.0292. The summed E-state index contributed by atoms with van der Waals surface area (Å²) >= 11 is 2.89. The van der Waals surface area contributed by atoms with Crippen LogP contribution in [0, 0.1) is 12.3 Å². The normalized spacial score (nSPS) is 16.3. The van der Waals surface area contributed by atoms with E-state index in [0.717, 1.165) is 44.2 Å². The minimum absolute atomic E-state index is 0.0131. The number of hydrogen-bond donors (Lipinski definition) is 6. The van der Waals surface area contributed by atoms with Gasteiger partial charge in [0.25, 0.3) is 11.8 Å². The van der Waals surface area contributed by atoms with E-state index in [2.05, 4.69) is 41.5 Å². The molecule has 6 aromatic rings. The van der Waals surface area contributed by atoms with Gasteiger partial charge in [-0.3, -0.25) is 29.3 Å². The summed E-state index contributed by atoms with van der Waals surface area (Å²) < 4.78 is 17.0. The number of aryl methyl sites for hydroxylation is 1. The highest BCUT2D eigenvalue weighted by Gasteiger charge is 2.45. The third-order valence-electron chi connectivity index (χ3n) is 13.7. The molecule has 79 heavy (non-hydrogen) atoms. The summed E-state index contributed by atoms with van der Waals surface area (Å²) in [7, 11) is 0. The van der Waals surface area contributed by atoms with Gasteiger partial charge in [0, 0.05) is 74.5 Å². The molecule has 19 nitrogen and oxygen atoms in total. The van der Waals surface area contributed by atoms with Crippen molar-refractivity contribution < 1.29 is 43.3 Å². The van der Waals surface area contributed by atoms with Crippen LogP contribution in [-0.2, 0) is 39.9 Å². The van der Waals surface area contributed by atoms with Gasteiger partial charge in [0.2, 0.25) is 17.7 Å². The minimum atomic E-state index is -0.939. The molecule has 1 saturated heterocycles. The lowest BCUT2D eigenvalue weighted by atomic mass is 9.85. The molecule has 8 rings (SSSR count). The standard InChI is InChI=1S/C58H70N10O9S2/c1-37(39-11-13-41(14-12-39)51-38(2)63-36-79-51)64-53(71)47-32-45(69)35-67(47)56(74)52(58(3,4)5)65-49(70)19-24-75-26-28-77-29-27-76-25-22-59-20-21-60-48-18-17-43(33-62-48)42-15-16-44-34-68(55(73)46(44)31-42)50(40-9-7-6-8-10-40)54(72)66-57-61-23-30-78-57/h6-18,23,30-31,33,36-37,45,47,50,52,59,69H,19-22,24-29,32,34-35H2,1-5H3,(H,60,62)(H,64,71)(H,65,70)(H,61,66,72)/t37-,45+,47-,50?,52+/m0/s1. The fraction of sp³-hybridized carbons (Fsp3) is 0.414. The van der Waals surface area contributed by atoms with E-state index in [0.29, 0.717) is 68.9 Å². The Morgan fingerprint density at radius 3 is 2.20 bits per heavy atom. The molecule has 0 bridgehead atoms. The van der Waals surface area contributed by atoms with Gasteiger partial charge >= 0.3 is 0 Å². The molecular weight excluding hydrogens is 1040 g/mol. The third-order valence-corrected chi connectivity index (χ3v) is 15.4. The highest BCUT2D eigenvalue weighted by atomic mass is 32.1. The summed E-state index contributed by atoms with van der Waals surface area (Å²) in [6.45, 7) is 13.7. The van der Waals surface area contributed by atoms with Gasteiger partial charge < -0.3 is 50.4 Å². The first kappa shape index (κ1) is 58.2. The molecule has 3 aromatic heterocycles. The van der Waals surface area contributed by atoms with Gasteiger partial charge in [0.1, 0.15) is 23.9 Å². The molecule has 418 valence electrons. The monoisotopic (exact) mass is 1110 g/mol. The number of rotatable bonds is 27. The number of hydrogen-bond acceptors (Lipinski definition) is 16. The Hall–Kier alpha value is -6.98. The maximum Gasteiger partial charge on any atom is 0.255 e. The van der Waals surface area contributed by atoms with Crippen LogP contribution in [-0.4, -0.2) is 143 Å². The van der Waals surface area contributed by atoms with Crippen molar-refractivity contribution in [2.45, 2.75) is 84.3 Å². The lowest BCUT2D eigenvalue weighted by Crippen LogP contribution is -2.58. The largest absolute Gasteiger partial charge is 0.391 e. The smallest absolute Gasteiger partial charge is 0.255 e. The number of aliphatic hydroxyl groups is 1. The fourth-order valence-corrected chi connectivity index (χ4v) is 10.8. The summed E-state index contributed by atoms with van der Waals surface area (Å²) in [5, 5.41) is 28.3. The number of fused-ring (bicyclic) bond motifs is 1. The number of aliphatic hydroxyl groups excluding tert-OH is 1. The zero-order valence-corrected chi connectivity index (χ0v) is 46.9. The molecule has 6 N–H and O–H groups in total. The van der Waals surface area contributed by atoms with Gasteiger partial charge in [0.05, 0.1) is 67.9 Å². The number of aromatic nitrogens is 3. The molecule has 5 amide bonds. The number of β-amino-alcohol motifs (C(OH)–C–C–N with tert-alkyl or cyclic N) is 1. The molecule has 5 heterocycles. The van der Waals surface area contributed by atoms with E-state index >= 15 is 0 Å². The van der Waals surface area contributed by atoms with Crippen LogP contribution < -0.4 is 26.6 Å². The van der Waals surface area contributed by atoms with Gasteiger partial charge in [-0.05, 0) is 65.3 Å². The Balaban J connectivity index is 0.663. The van der Waals surface area contributed by atoms with Crippen molar-refractivity contribution in [2.75, 3.05) is 76.5 Å². The SMILES string of the molecule is Cc1ncsc1-c1ccc([C@H](C)NC(=O)[C@@H]2C[C@@H](O)CN2C(=O)[C@@H](NC(=O)CCOCCOCCOCCNCCNc2ccc(-c3ccc4c(c3)C(=O)N(C(C(=O)Nc3nccs3)c3ccccc3)C4)cn2)C(C)(C)C)cc1. The summed E-state index contributed by atoms with van der Waals surface area (Å²) in [5.41, 5.74) is 7.88. The molecule has 5 atom stereocenters. The summed E-state index contributed by atoms with van der Waals surface area (Å²) in [5.74, 6) is -0.973. The fourth-order valence-electron chi connectivity index (χ4n) is 9.45. The first-order chi connectivity index (χ1) is 38.1. The molecule has 0 radical (unpaired) electrons. The van der Waals surface area contributed by atoms with E-state index in [4.69, 9.17) is 14.2 Å². The van der Waals surface area contributed by atoms with Crippen LogP contribution in [0.25, 0.3) is 21.6 Å². The van der Waals surface area contributed by atoms with Crippen molar-refractivity contribution in [1.29, 1.82) is 0 Å². The molecule has 0 saturated carbocycles. The Bertz CT molecular complexity index is 2970. The topological polar surface area (TPSA) is 239 Å². The molecular formula is C58H70N10O9S2. The molecule has 1 unspecified atom stereocenters. The van der Waals surface area contributed by atoms with Crippen LogP contribution in [0.5, 0.6) is 0 Å². The first-order valence-corrected chi connectivity index (χ1v) is 28.3. The maximum atomic E-state index is 14.1. The number of anilines is 2. The van der Waals surface area contributed by atoms with Gasteiger partial charge in [-0.2, -0.15) is 0 Å². The van der Waals surface area contributed by atoms with Crippen LogP contribution in [0.1, 0.15) is 85.4 Å². The molecule has 3 aromatic carbocycles. The third kappa shape index (κ3) is 15.7. The predicted octanol–water partition coefficient (Wildman–Crippen LogP) is 6.78. The second-order valence-corrected chi connectivity index (χ2v) is 22.3. The number of nitrogens with one attached hydrogen (secondary N) is 5. The van der Waals surface area contributed by atoms with Crippen LogP contribution in [0.4, 0.5) is 10.9 Å². The molecule has 21 heteroatoms. The Labute approximate surface area is 468 Å². The molecule has 2 aliphatic rings. The van der Waals surface area contributed by atoms with E-state index in [1.54, 1.807) is 34.0 Å². The Morgan fingerprint density at radius 1 is 0.797 bits per heavy atom. The lowest BCUT2D eigenvalue weighted by Gasteiger charge is -2.35. The number of pyridine rings is 1. The minimum Gasteiger partial charge on any atom is -0.391 e. The van der Waals surface area contributed by atoms with Crippen LogP contribution >= 0.6 is 22.7 Å². The van der Waals surface area contributed by atoms with Crippen molar-refractivity contribution in [3.63, 3.8) is 0 Å². The molecule has 0 aliphatic carbocycles. The highest BCUT2D eigenvalue weighted by molar-refractivity contribution is 7.14. The van der Waals surface area contributed by atoms with Crippen LogP contribution in [0.15, 0.2) is 108 Å². The van der Waals surface area contributed by atoms with Crippen molar-refractivity contribution in [3.05, 3.63) is 136 Å². The number of amides is 5. The molecule has 0 spiro atoms. The van der Waals surface area contributed by atoms with Crippen molar-refractivity contribution in [2.24, 2.45) is 5.41 Å².